The number of hydrogen-bond donors (Lipinski definition) is 1. The van der Waals surface area contributed by atoms with Crippen molar-refractivity contribution in [2.75, 3.05) is 132 Å². The molecule has 0 bridgehead atoms. The molecule has 13 aromatic rings. The minimum atomic E-state index is -0.434. The van der Waals surface area contributed by atoms with E-state index in [1.54, 1.807) is 91.3 Å². The van der Waals surface area contributed by atoms with Crippen LogP contribution in [0.3, 0.4) is 0 Å². The van der Waals surface area contributed by atoms with Gasteiger partial charge in [-0.1, -0.05) is 59.0 Å². The van der Waals surface area contributed by atoms with Gasteiger partial charge in [0.25, 0.3) is 0 Å². The first-order chi connectivity index (χ1) is 61.6. The molecule has 4 saturated heterocycles. The zero-order chi connectivity index (χ0) is 91.9. The van der Waals surface area contributed by atoms with E-state index in [1.165, 1.54) is 63.8 Å². The van der Waals surface area contributed by atoms with Gasteiger partial charge in [-0.25, -0.2) is 51.5 Å². The summed E-state index contributed by atoms with van der Waals surface area (Å²) in [5.74, 6) is -0.113. The van der Waals surface area contributed by atoms with Crippen molar-refractivity contribution in [2.45, 2.75) is 78.9 Å². The Morgan fingerprint density at radius 2 is 0.831 bits per heavy atom. The Bertz CT molecular complexity index is 6240. The van der Waals surface area contributed by atoms with Gasteiger partial charge in [-0.2, -0.15) is 30.6 Å². The van der Waals surface area contributed by atoms with Gasteiger partial charge in [0.2, 0.25) is 35.8 Å². The fourth-order valence-corrected chi connectivity index (χ4v) is 17.5. The summed E-state index contributed by atoms with van der Waals surface area (Å²) in [5.41, 5.74) is 4.90. The molecular weight excluding hydrogens is 2070 g/mol. The molecule has 4 aliphatic heterocycles. The fraction of sp³-hybridized carbons (Fsp3) is 0.341. The molecular formula is C85H86Cl5CuF4I2N24O9. The number of aromatic amines is 1. The van der Waals surface area contributed by atoms with Gasteiger partial charge in [-0.15, -0.1) is 11.6 Å². The van der Waals surface area contributed by atoms with Crippen molar-refractivity contribution >= 4 is 194 Å². The van der Waals surface area contributed by atoms with E-state index >= 15 is 0 Å². The number of pyridine rings is 4. The Hall–Kier alpha value is -11.1. The Morgan fingerprint density at radius 1 is 0.492 bits per heavy atom. The predicted molar refractivity (Wildman–Crippen MR) is 498 cm³/mol. The third-order valence-corrected chi connectivity index (χ3v) is 24.5. The molecule has 9 aromatic heterocycles. The molecule has 33 nitrogen and oxygen atoms in total. The number of hydrogen-bond acceptors (Lipinski definition) is 25. The molecule has 4 fully saturated rings. The fourth-order valence-electron chi connectivity index (χ4n) is 15.3. The second-order valence-corrected chi connectivity index (χ2v) is 33.3. The third kappa shape index (κ3) is 23.1. The first-order valence-electron chi connectivity index (χ1n) is 39.4. The molecule has 688 valence electrons. The number of rotatable bonds is 16. The zero-order valence-corrected chi connectivity index (χ0v) is 79.2. The van der Waals surface area contributed by atoms with Gasteiger partial charge in [0.15, 0.2) is 28.3 Å². The molecule has 13 heterocycles. The van der Waals surface area contributed by atoms with E-state index in [2.05, 4.69) is 101 Å². The molecule has 4 atom stereocenters. The Kier molecular flexibility index (Phi) is 35.9. The van der Waals surface area contributed by atoms with Crippen LogP contribution in [0.25, 0.3) is 55.7 Å². The molecule has 17 rings (SSSR count). The maximum atomic E-state index is 14.6. The number of amides is 4. The van der Waals surface area contributed by atoms with Crippen molar-refractivity contribution in [1.82, 2.24) is 89.2 Å². The Labute approximate surface area is 807 Å². The molecule has 4 aromatic carbocycles. The Balaban J connectivity index is 0.000000173. The summed E-state index contributed by atoms with van der Waals surface area (Å²) in [5, 5.41) is 43.7. The van der Waals surface area contributed by atoms with Crippen molar-refractivity contribution in [2.24, 2.45) is 0 Å². The summed E-state index contributed by atoms with van der Waals surface area (Å²) in [6.07, 6.45) is 7.89. The number of H-pyrrole nitrogens is 1. The van der Waals surface area contributed by atoms with Crippen LogP contribution < -0.4 is 38.5 Å². The van der Waals surface area contributed by atoms with Crippen LogP contribution in [-0.4, -0.2) is 250 Å². The maximum absolute atomic E-state index is 14.6. The van der Waals surface area contributed by atoms with Crippen molar-refractivity contribution in [3.05, 3.63) is 191 Å². The number of carbonyl (C=O) groups is 4. The maximum Gasteiger partial charge on any atom is 1.00 e. The van der Waals surface area contributed by atoms with E-state index in [0.717, 1.165) is 29.2 Å². The normalized spacial score (nSPS) is 15.9. The molecule has 0 aliphatic carbocycles. The number of piperazine rings is 4. The summed E-state index contributed by atoms with van der Waals surface area (Å²) >= 11 is 33.9. The number of methoxy groups -OCH3 is 4. The van der Waals surface area contributed by atoms with Gasteiger partial charge in [-0.05, 0) is 146 Å². The number of nitrogens with one attached hydrogen (secondary N) is 1. The molecule has 0 unspecified atom stereocenters. The quantitative estimate of drug-likeness (QED) is 0.0309. The van der Waals surface area contributed by atoms with Gasteiger partial charge in [0.05, 0.1) is 92.8 Å². The van der Waals surface area contributed by atoms with Gasteiger partial charge in [-0.3, -0.25) is 24.3 Å². The zero-order valence-electron chi connectivity index (χ0n) is 70.2. The minimum absolute atomic E-state index is 0. The number of nitrogens with zero attached hydrogens (tertiary/aromatic N) is 23. The van der Waals surface area contributed by atoms with Crippen LogP contribution in [0, 0.1) is 53.8 Å². The summed E-state index contributed by atoms with van der Waals surface area (Å²) in [6.45, 7) is 18.3. The topological polar surface area (TPSA) is 351 Å². The monoisotopic (exact) mass is 2150 g/mol. The minimum Gasteiger partial charge on any atom is -0.512 e. The molecule has 0 radical (unpaired) electrons. The second-order valence-electron chi connectivity index (χ2n) is 29.3. The Morgan fingerprint density at radius 3 is 1.18 bits per heavy atom. The van der Waals surface area contributed by atoms with Gasteiger partial charge in [0, 0.05) is 152 Å². The number of benzene rings is 4. The van der Waals surface area contributed by atoms with Crippen molar-refractivity contribution in [3.63, 3.8) is 0 Å². The molecule has 0 saturated carbocycles. The van der Waals surface area contributed by atoms with Crippen molar-refractivity contribution < 1.29 is 77.3 Å². The van der Waals surface area contributed by atoms with E-state index < -0.39 is 23.3 Å². The summed E-state index contributed by atoms with van der Waals surface area (Å²) < 4.78 is 89.8. The molecule has 1 N–H and O–H groups in total. The van der Waals surface area contributed by atoms with E-state index in [4.69, 9.17) is 93.3 Å². The molecule has 4 amide bonds. The van der Waals surface area contributed by atoms with Crippen molar-refractivity contribution in [1.29, 1.82) is 10.5 Å². The van der Waals surface area contributed by atoms with E-state index in [0.29, 0.717) is 158 Å². The molecule has 45 heteroatoms. The third-order valence-electron chi connectivity index (χ3n) is 21.4. The van der Waals surface area contributed by atoms with Gasteiger partial charge in [0.1, 0.15) is 90.9 Å². The standard InChI is InChI=1S/C22H21ClFN7O3.C21H20ClFN6O2.C20H20ClFIN5O2.C14H17Cl2FN2O2.C6H4IN3.CN.CH4.Cu/c1-13-10-29(17-9-18(33-2)15(23)8-16(17)24)6-7-30(13)19(32)11-31-22-14(4-3-5-25-22)20(27-31)21-26-12-34-28-21;1-13-11-27(18-9-19(31-2)15(22)8-16(18)23)6-7-28(13)20(30)12-29-21-14(4-3-5-25-21)17(10-24)26-29;1-12-10-26(16-9-17(30-2)14(21)8-15(16)22)6-7-27(12)18(29)11-28-20-13(19(23)25-28)4-3-5-24-20;1-9-8-18(3-4-19(9)14(20)7-15)12-6-13(21-2)10(16)5-11(12)17;7-5-4-2-1-3-8-6(4)10-9-5;1-2;;/h3-5,8-9,12-13H,6-7,10-11H2,1-2H3;3-5,8-9,13H,6-7,11-12H2,1-2H3;3-5,8-9,12H,6-7,10-11H2,1-2H3;5-6,9H,3-4,7-8H2,1-2H3;1-3H,(H,8,9,10);;1H4;/q;;;;;-1;;+1/t2*13-;12-;9-;;;;/m0000..../s1. The van der Waals surface area contributed by atoms with E-state index in [1.807, 2.05) is 88.6 Å². The van der Waals surface area contributed by atoms with E-state index in [9.17, 15) is 42.0 Å². The summed E-state index contributed by atoms with van der Waals surface area (Å²) in [4.78, 5) is 86.6. The molecule has 130 heavy (non-hydrogen) atoms. The number of halogens is 11. The number of fused-ring (bicyclic) bond motifs is 4. The first kappa shape index (κ1) is 101. The largest absolute Gasteiger partial charge is 1.00 e. The van der Waals surface area contributed by atoms with Crippen LogP contribution in [0.1, 0.15) is 40.8 Å². The van der Waals surface area contributed by atoms with Crippen LogP contribution in [0.5, 0.6) is 23.0 Å². The van der Waals surface area contributed by atoms with E-state index in [-0.39, 0.29) is 124 Å². The predicted octanol–water partition coefficient (Wildman–Crippen LogP) is 14.5. The number of alkyl halides is 1. The van der Waals surface area contributed by atoms with Crippen LogP contribution >= 0.6 is 103 Å². The number of ether oxygens (including phenoxy) is 4. The average molecular weight is 2160 g/mol. The van der Waals surface area contributed by atoms with Crippen LogP contribution in [0.2, 0.25) is 20.1 Å². The van der Waals surface area contributed by atoms with Gasteiger partial charge >= 0.3 is 17.1 Å². The first-order valence-corrected chi connectivity index (χ1v) is 43.6. The van der Waals surface area contributed by atoms with Gasteiger partial charge < -0.3 is 74.5 Å². The smallest absolute Gasteiger partial charge is 0.512 e. The second kappa shape index (κ2) is 46.1. The molecule has 0 spiro atoms. The average Bonchev–Trinajstić information content (AvgIpc) is 1.61. The van der Waals surface area contributed by atoms with Crippen LogP contribution in [0.15, 0.2) is 133 Å². The number of nitriles is 1. The SMILES string of the molecule is C.COc1cc(N2CCN(C(=O)CCl)[C@@H](C)C2)c(F)cc1Cl.COc1cc(N2CCN(C(=O)Cn3nc(-c4ncon4)c4cccnc43)[C@@H](C)C2)c(F)cc1Cl.COc1cc(N2CCN(C(=O)Cn3nc(C#N)c4cccnc43)[C@@H](C)C2)c(F)cc1Cl.COc1cc(N2CCN(C(=O)Cn3nc(I)c4cccnc43)[C@@H](C)C2)c(F)cc1Cl.Ic1[nH]nc2ncccc12.[C-]#N.[Cu+]. The molecule has 4 aliphatic rings. The number of anilines is 4. The van der Waals surface area contributed by atoms with Crippen LogP contribution in [-0.2, 0) is 55.9 Å². The summed E-state index contributed by atoms with van der Waals surface area (Å²) in [6, 6.07) is 27.7. The van der Waals surface area contributed by atoms with Crippen LogP contribution in [0.4, 0.5) is 40.3 Å². The summed E-state index contributed by atoms with van der Waals surface area (Å²) in [7, 11) is 5.95. The number of carbonyl (C=O) groups excluding carboxylic acids is 4. The van der Waals surface area contributed by atoms with Crippen molar-refractivity contribution in [3.8, 4) is 40.6 Å². The number of aromatic nitrogens is 14.